The minimum Gasteiger partial charge on any atom is -0.394 e. The van der Waals surface area contributed by atoms with Crippen molar-refractivity contribution in [2.45, 2.75) is 72.4 Å². The molecule has 0 aromatic heterocycles. The standard InChI is InChI=1S/C27H26F8N2O5S/c1-14(39)36-22(13-38)23(40)37-21-10-11-24(43(41,42)18-6-4-17(28)5-7-18)19-9-3-16(12-15(19)2-8-20(21)24)25(29,26(30,31)32)27(33,34)35/h3-7,9,12,20-22,38H,2,8,10-11,13H2,1H3,(H,36,39)(H,37,40)/t20-,21+,22?,24+/m0/s1. The van der Waals surface area contributed by atoms with Crippen molar-refractivity contribution in [3.63, 3.8) is 0 Å². The highest BCUT2D eigenvalue weighted by atomic mass is 32.2. The summed E-state index contributed by atoms with van der Waals surface area (Å²) in [6, 6.07) is 2.71. The van der Waals surface area contributed by atoms with Crippen LogP contribution in [0.3, 0.4) is 0 Å². The number of aryl methyl sites for hydroxylation is 1. The SMILES string of the molecule is CC(=O)NC(CO)C(=O)N[C@@H]1CC[C@@]2(S(=O)(=O)c3ccc(F)cc3)c3ccc(C(F)(C(F)(F)F)C(F)(F)F)cc3CC[C@@H]12. The molecule has 0 aliphatic heterocycles. The average molecular weight is 643 g/mol. The van der Waals surface area contributed by atoms with E-state index in [1.54, 1.807) is 0 Å². The van der Waals surface area contributed by atoms with E-state index in [-0.39, 0.29) is 47.8 Å². The Labute approximate surface area is 240 Å². The second kappa shape index (κ2) is 11.0. The van der Waals surface area contributed by atoms with Crippen molar-refractivity contribution in [3.05, 3.63) is 65.0 Å². The van der Waals surface area contributed by atoms with Gasteiger partial charge in [0.1, 0.15) is 16.6 Å². The van der Waals surface area contributed by atoms with E-state index >= 15 is 0 Å². The van der Waals surface area contributed by atoms with Gasteiger partial charge in [0.2, 0.25) is 11.8 Å². The number of hydrogen-bond acceptors (Lipinski definition) is 5. The Morgan fingerprint density at radius 1 is 1.00 bits per heavy atom. The van der Waals surface area contributed by atoms with Crippen molar-refractivity contribution in [1.29, 1.82) is 0 Å². The number of alkyl halides is 7. The van der Waals surface area contributed by atoms with Crippen LogP contribution < -0.4 is 10.6 Å². The minimum absolute atomic E-state index is 0.0333. The van der Waals surface area contributed by atoms with Gasteiger partial charge in [0, 0.05) is 24.4 Å². The molecule has 16 heteroatoms. The average Bonchev–Trinajstić information content (AvgIpc) is 3.29. The molecule has 2 amide bonds. The van der Waals surface area contributed by atoms with Gasteiger partial charge in [-0.25, -0.2) is 17.2 Å². The summed E-state index contributed by atoms with van der Waals surface area (Å²) in [6.45, 7) is 0.304. The summed E-state index contributed by atoms with van der Waals surface area (Å²) >= 11 is 0. The van der Waals surface area contributed by atoms with Crippen LogP contribution in [-0.4, -0.2) is 56.4 Å². The molecule has 2 aromatic rings. The monoisotopic (exact) mass is 642 g/mol. The number of carbonyl (C=O) groups excluding carboxylic acids is 2. The summed E-state index contributed by atoms with van der Waals surface area (Å²) in [5.41, 5.74) is -7.92. The Hall–Kier alpha value is -3.27. The summed E-state index contributed by atoms with van der Waals surface area (Å²) in [5, 5.41) is 14.4. The number of sulfone groups is 1. The Kier molecular flexibility index (Phi) is 8.37. The third-order valence-electron chi connectivity index (χ3n) is 8.18. The smallest absolute Gasteiger partial charge is 0.394 e. The van der Waals surface area contributed by atoms with Gasteiger partial charge >= 0.3 is 18.0 Å². The third kappa shape index (κ3) is 5.25. The lowest BCUT2D eigenvalue weighted by molar-refractivity contribution is -0.348. The molecule has 0 bridgehead atoms. The second-order valence-electron chi connectivity index (χ2n) is 10.6. The summed E-state index contributed by atoms with van der Waals surface area (Å²) < 4.78 is 136. The van der Waals surface area contributed by atoms with Crippen LogP contribution in [0, 0.1) is 11.7 Å². The molecule has 2 aliphatic rings. The van der Waals surface area contributed by atoms with E-state index in [1.165, 1.54) is 0 Å². The number of aliphatic hydroxyl groups is 1. The van der Waals surface area contributed by atoms with Crippen LogP contribution in [-0.2, 0) is 36.3 Å². The highest BCUT2D eigenvalue weighted by Crippen LogP contribution is 2.59. The molecule has 0 saturated heterocycles. The number of nitrogens with one attached hydrogen (secondary N) is 2. The van der Waals surface area contributed by atoms with Gasteiger partial charge in [-0.2, -0.15) is 26.3 Å². The predicted molar refractivity (Wildman–Crippen MR) is 134 cm³/mol. The fraction of sp³-hybridized carbons (Fsp3) is 0.481. The molecular formula is C27H26F8N2O5S. The Bertz CT molecular complexity index is 1500. The van der Waals surface area contributed by atoms with Crippen molar-refractivity contribution in [1.82, 2.24) is 10.6 Å². The van der Waals surface area contributed by atoms with Crippen LogP contribution in [0.5, 0.6) is 0 Å². The van der Waals surface area contributed by atoms with E-state index < -0.39 is 80.4 Å². The van der Waals surface area contributed by atoms with E-state index in [0.29, 0.717) is 6.07 Å². The zero-order chi connectivity index (χ0) is 32.2. The molecule has 4 atom stereocenters. The van der Waals surface area contributed by atoms with Crippen molar-refractivity contribution in [3.8, 4) is 0 Å². The van der Waals surface area contributed by atoms with Crippen LogP contribution in [0.4, 0.5) is 35.1 Å². The first kappa shape index (κ1) is 32.6. The fourth-order valence-corrected chi connectivity index (χ4v) is 8.75. The fourth-order valence-electron chi connectivity index (χ4n) is 6.27. The largest absolute Gasteiger partial charge is 0.435 e. The van der Waals surface area contributed by atoms with Crippen LogP contribution in [0.25, 0.3) is 0 Å². The van der Waals surface area contributed by atoms with Crippen LogP contribution >= 0.6 is 0 Å². The number of halogens is 8. The van der Waals surface area contributed by atoms with Gasteiger partial charge < -0.3 is 15.7 Å². The van der Waals surface area contributed by atoms with Crippen molar-refractivity contribution < 1.29 is 58.2 Å². The first-order chi connectivity index (χ1) is 19.8. The first-order valence-corrected chi connectivity index (χ1v) is 14.4. The summed E-state index contributed by atoms with van der Waals surface area (Å²) in [4.78, 5) is 23.9. The molecule has 0 radical (unpaired) electrons. The number of amides is 2. The Balaban J connectivity index is 1.87. The number of carbonyl (C=O) groups is 2. The minimum atomic E-state index is -6.38. The zero-order valence-corrected chi connectivity index (χ0v) is 23.1. The van der Waals surface area contributed by atoms with Crippen LogP contribution in [0.2, 0.25) is 0 Å². The normalized spacial score (nSPS) is 23.2. The van der Waals surface area contributed by atoms with Gasteiger partial charge in [-0.05, 0) is 61.1 Å². The number of aliphatic hydroxyl groups excluding tert-OH is 1. The molecule has 1 unspecified atom stereocenters. The quantitative estimate of drug-likeness (QED) is 0.311. The molecule has 0 spiro atoms. The van der Waals surface area contributed by atoms with Gasteiger partial charge in [-0.15, -0.1) is 0 Å². The molecule has 1 saturated carbocycles. The summed E-state index contributed by atoms with van der Waals surface area (Å²) in [7, 11) is -4.58. The maximum atomic E-state index is 14.9. The van der Waals surface area contributed by atoms with Crippen LogP contribution in [0.1, 0.15) is 42.9 Å². The molecule has 2 aromatic carbocycles. The number of benzene rings is 2. The van der Waals surface area contributed by atoms with Crippen molar-refractivity contribution in [2.24, 2.45) is 5.92 Å². The highest BCUT2D eigenvalue weighted by molar-refractivity contribution is 7.92. The Morgan fingerprint density at radius 2 is 1.60 bits per heavy atom. The lowest BCUT2D eigenvalue weighted by Gasteiger charge is -2.43. The summed E-state index contributed by atoms with van der Waals surface area (Å²) in [6.07, 6.45) is -13.5. The number of hydrogen-bond donors (Lipinski definition) is 3. The van der Waals surface area contributed by atoms with Gasteiger partial charge in [-0.1, -0.05) is 18.2 Å². The maximum absolute atomic E-state index is 14.9. The highest BCUT2D eigenvalue weighted by Gasteiger charge is 2.73. The zero-order valence-electron chi connectivity index (χ0n) is 22.3. The molecule has 4 rings (SSSR count). The first-order valence-electron chi connectivity index (χ1n) is 13.0. The van der Waals surface area contributed by atoms with E-state index in [9.17, 15) is 58.2 Å². The lowest BCUT2D eigenvalue weighted by atomic mass is 9.74. The molecule has 7 nitrogen and oxygen atoms in total. The van der Waals surface area contributed by atoms with Crippen LogP contribution in [0.15, 0.2) is 47.4 Å². The molecule has 3 N–H and O–H groups in total. The van der Waals surface area contributed by atoms with E-state index in [0.717, 1.165) is 37.3 Å². The number of fused-ring (bicyclic) bond motifs is 3. The third-order valence-corrected chi connectivity index (χ3v) is 10.8. The Morgan fingerprint density at radius 3 is 2.14 bits per heavy atom. The second-order valence-corrected chi connectivity index (χ2v) is 12.8. The van der Waals surface area contributed by atoms with Gasteiger partial charge in [-0.3, -0.25) is 9.59 Å². The van der Waals surface area contributed by atoms with Gasteiger partial charge in [0.25, 0.3) is 0 Å². The molecule has 2 aliphatic carbocycles. The topological polar surface area (TPSA) is 113 Å². The van der Waals surface area contributed by atoms with Gasteiger partial charge in [0.15, 0.2) is 9.84 Å². The summed E-state index contributed by atoms with van der Waals surface area (Å²) in [5.74, 6) is -3.26. The van der Waals surface area contributed by atoms with E-state index in [1.807, 2.05) is 0 Å². The lowest BCUT2D eigenvalue weighted by Crippen LogP contribution is -2.54. The number of rotatable bonds is 7. The molecule has 0 heterocycles. The van der Waals surface area contributed by atoms with Gasteiger partial charge in [0.05, 0.1) is 11.5 Å². The molecule has 1 fully saturated rings. The van der Waals surface area contributed by atoms with E-state index in [4.69, 9.17) is 0 Å². The molecular weight excluding hydrogens is 616 g/mol. The predicted octanol–water partition coefficient (Wildman–Crippen LogP) is 4.12. The molecule has 236 valence electrons. The van der Waals surface area contributed by atoms with Crippen molar-refractivity contribution >= 4 is 21.7 Å². The van der Waals surface area contributed by atoms with E-state index in [2.05, 4.69) is 10.6 Å². The van der Waals surface area contributed by atoms with Crippen molar-refractivity contribution in [2.75, 3.05) is 6.61 Å². The molecule has 43 heavy (non-hydrogen) atoms. The maximum Gasteiger partial charge on any atom is 0.435 e.